The third kappa shape index (κ3) is 4.82. The van der Waals surface area contributed by atoms with Crippen LogP contribution in [0.4, 0.5) is 0 Å². The van der Waals surface area contributed by atoms with E-state index in [0.717, 1.165) is 15.6 Å². The van der Waals surface area contributed by atoms with Gasteiger partial charge in [-0.25, -0.2) is 5.43 Å². The third-order valence-electron chi connectivity index (χ3n) is 3.10. The third-order valence-corrected chi connectivity index (χ3v) is 3.72. The number of benzene rings is 2. The molecule has 0 unspecified atom stereocenters. The summed E-state index contributed by atoms with van der Waals surface area (Å²) in [6.45, 7) is 0. The molecule has 6 heteroatoms. The van der Waals surface area contributed by atoms with Crippen LogP contribution in [0.1, 0.15) is 11.1 Å². The predicted molar refractivity (Wildman–Crippen MR) is 93.1 cm³/mol. The molecule has 5 nitrogen and oxygen atoms in total. The minimum atomic E-state index is -0.181. The molecule has 0 aliphatic carbocycles. The molecule has 0 atom stereocenters. The van der Waals surface area contributed by atoms with Crippen LogP contribution in [0, 0.1) is 0 Å². The topological polar surface area (TPSA) is 59.9 Å². The van der Waals surface area contributed by atoms with Crippen LogP contribution in [0.25, 0.3) is 0 Å². The van der Waals surface area contributed by atoms with Crippen molar-refractivity contribution in [2.24, 2.45) is 5.10 Å². The van der Waals surface area contributed by atoms with E-state index < -0.39 is 0 Å². The first-order valence-electron chi connectivity index (χ1n) is 6.91. The Labute approximate surface area is 143 Å². The molecule has 0 saturated heterocycles. The van der Waals surface area contributed by atoms with Crippen molar-refractivity contribution in [3.05, 3.63) is 58.1 Å². The van der Waals surface area contributed by atoms with Gasteiger partial charge in [-0.3, -0.25) is 4.79 Å². The van der Waals surface area contributed by atoms with E-state index in [1.807, 2.05) is 36.4 Å². The van der Waals surface area contributed by atoms with Gasteiger partial charge in [-0.05, 0) is 27.6 Å². The highest BCUT2D eigenvalue weighted by Gasteiger charge is 2.08. The van der Waals surface area contributed by atoms with Gasteiger partial charge >= 0.3 is 0 Å². The van der Waals surface area contributed by atoms with E-state index >= 15 is 0 Å². The Bertz CT molecular complexity index is 702. The summed E-state index contributed by atoms with van der Waals surface area (Å²) in [5, 5.41) is 3.98. The minimum absolute atomic E-state index is 0.181. The summed E-state index contributed by atoms with van der Waals surface area (Å²) >= 11 is 3.41. The molecule has 120 valence electrons. The second kappa shape index (κ2) is 8.33. The van der Waals surface area contributed by atoms with Crippen molar-refractivity contribution in [2.45, 2.75) is 6.42 Å². The van der Waals surface area contributed by atoms with E-state index in [2.05, 4.69) is 26.5 Å². The van der Waals surface area contributed by atoms with Crippen LogP contribution < -0.4 is 14.9 Å². The minimum Gasteiger partial charge on any atom is -0.496 e. The van der Waals surface area contributed by atoms with Gasteiger partial charge in [0, 0.05) is 11.6 Å². The largest absolute Gasteiger partial charge is 0.496 e. The lowest BCUT2D eigenvalue weighted by Crippen LogP contribution is -2.19. The quantitative estimate of drug-likeness (QED) is 0.622. The van der Waals surface area contributed by atoms with Crippen molar-refractivity contribution in [3.63, 3.8) is 0 Å². The molecule has 0 bridgehead atoms. The first-order chi connectivity index (χ1) is 11.1. The fraction of sp³-hybridized carbons (Fsp3) is 0.176. The molecule has 0 aromatic heterocycles. The Kier molecular flexibility index (Phi) is 6.17. The molecule has 0 saturated carbocycles. The van der Waals surface area contributed by atoms with Gasteiger partial charge in [-0.2, -0.15) is 5.10 Å². The zero-order chi connectivity index (χ0) is 16.7. The monoisotopic (exact) mass is 376 g/mol. The fourth-order valence-electron chi connectivity index (χ4n) is 1.98. The Morgan fingerprint density at radius 2 is 1.87 bits per heavy atom. The summed E-state index contributed by atoms with van der Waals surface area (Å²) in [5.74, 6) is 1.08. The Balaban J connectivity index is 2.02. The number of ether oxygens (including phenoxy) is 2. The fourth-order valence-corrected chi connectivity index (χ4v) is 2.50. The molecule has 0 aliphatic rings. The number of nitrogens with one attached hydrogen (secondary N) is 1. The summed E-state index contributed by atoms with van der Waals surface area (Å²) in [5.41, 5.74) is 4.16. The lowest BCUT2D eigenvalue weighted by molar-refractivity contribution is -0.120. The van der Waals surface area contributed by atoms with E-state index in [0.29, 0.717) is 11.5 Å². The van der Waals surface area contributed by atoms with Crippen LogP contribution in [-0.2, 0) is 11.2 Å². The van der Waals surface area contributed by atoms with Gasteiger partial charge < -0.3 is 9.47 Å². The number of hydrogen-bond donors (Lipinski definition) is 1. The molecular weight excluding hydrogens is 360 g/mol. The average Bonchev–Trinajstić information content (AvgIpc) is 2.56. The van der Waals surface area contributed by atoms with Gasteiger partial charge in [0.05, 0.1) is 31.3 Å². The van der Waals surface area contributed by atoms with Crippen LogP contribution in [0.2, 0.25) is 0 Å². The van der Waals surface area contributed by atoms with Crippen molar-refractivity contribution in [3.8, 4) is 11.5 Å². The zero-order valence-corrected chi connectivity index (χ0v) is 14.5. The van der Waals surface area contributed by atoms with Gasteiger partial charge in [-0.1, -0.05) is 30.3 Å². The highest BCUT2D eigenvalue weighted by Crippen LogP contribution is 2.31. The summed E-state index contributed by atoms with van der Waals surface area (Å²) in [6.07, 6.45) is 1.81. The Morgan fingerprint density at radius 3 is 2.52 bits per heavy atom. The number of amides is 1. The SMILES string of the molecule is COc1cc(OC)c(/C=N\NC(=O)Cc2ccccc2)cc1Br. The van der Waals surface area contributed by atoms with Crippen molar-refractivity contribution in [2.75, 3.05) is 14.2 Å². The zero-order valence-electron chi connectivity index (χ0n) is 12.9. The maximum atomic E-state index is 11.8. The lowest BCUT2D eigenvalue weighted by Gasteiger charge is -2.09. The molecule has 2 rings (SSSR count). The van der Waals surface area contributed by atoms with Gasteiger partial charge in [0.2, 0.25) is 5.91 Å². The molecular formula is C17H17BrN2O3. The van der Waals surface area contributed by atoms with E-state index in [9.17, 15) is 4.79 Å². The highest BCUT2D eigenvalue weighted by atomic mass is 79.9. The number of halogens is 1. The maximum absolute atomic E-state index is 11.8. The number of rotatable bonds is 6. The molecule has 0 radical (unpaired) electrons. The highest BCUT2D eigenvalue weighted by molar-refractivity contribution is 9.10. The number of nitrogens with zero attached hydrogens (tertiary/aromatic N) is 1. The summed E-state index contributed by atoms with van der Waals surface area (Å²) in [4.78, 5) is 11.8. The van der Waals surface area contributed by atoms with Crippen LogP contribution in [0.15, 0.2) is 52.0 Å². The number of methoxy groups -OCH3 is 2. The Hall–Kier alpha value is -2.34. The number of hydrogen-bond acceptors (Lipinski definition) is 4. The predicted octanol–water partition coefficient (Wildman–Crippen LogP) is 3.16. The van der Waals surface area contributed by atoms with Crippen LogP contribution in [0.3, 0.4) is 0 Å². The first-order valence-corrected chi connectivity index (χ1v) is 7.70. The van der Waals surface area contributed by atoms with E-state index in [4.69, 9.17) is 9.47 Å². The standard InChI is InChI=1S/C17H17BrN2O3/c1-22-15-10-16(23-2)14(18)9-13(15)11-19-20-17(21)8-12-6-4-3-5-7-12/h3-7,9-11H,8H2,1-2H3,(H,20,21)/b19-11-. The number of carbonyl (C=O) groups is 1. The van der Waals surface area contributed by atoms with Crippen LogP contribution in [-0.4, -0.2) is 26.3 Å². The first kappa shape index (κ1) is 17.0. The molecule has 0 aliphatic heterocycles. The number of hydrazone groups is 1. The molecule has 1 amide bonds. The summed E-state index contributed by atoms with van der Waals surface area (Å²) in [6, 6.07) is 13.0. The van der Waals surface area contributed by atoms with Gasteiger partial charge in [0.25, 0.3) is 0 Å². The van der Waals surface area contributed by atoms with E-state index in [1.54, 1.807) is 20.3 Å². The molecule has 2 aromatic rings. The summed E-state index contributed by atoms with van der Waals surface area (Å²) in [7, 11) is 3.14. The molecule has 23 heavy (non-hydrogen) atoms. The lowest BCUT2D eigenvalue weighted by atomic mass is 10.1. The van der Waals surface area contributed by atoms with Gasteiger partial charge in [0.1, 0.15) is 11.5 Å². The molecule has 2 aromatic carbocycles. The van der Waals surface area contributed by atoms with E-state index in [-0.39, 0.29) is 12.3 Å². The molecule has 0 fully saturated rings. The summed E-state index contributed by atoms with van der Waals surface area (Å²) < 4.78 is 11.3. The van der Waals surface area contributed by atoms with Crippen LogP contribution in [0.5, 0.6) is 11.5 Å². The van der Waals surface area contributed by atoms with Crippen molar-refractivity contribution >= 4 is 28.1 Å². The van der Waals surface area contributed by atoms with Crippen molar-refractivity contribution < 1.29 is 14.3 Å². The second-order valence-corrected chi connectivity index (χ2v) is 5.54. The van der Waals surface area contributed by atoms with Crippen molar-refractivity contribution in [1.29, 1.82) is 0 Å². The van der Waals surface area contributed by atoms with Crippen molar-refractivity contribution in [1.82, 2.24) is 5.43 Å². The van der Waals surface area contributed by atoms with Crippen LogP contribution >= 0.6 is 15.9 Å². The molecule has 1 N–H and O–H groups in total. The molecule has 0 heterocycles. The van der Waals surface area contributed by atoms with Gasteiger partial charge in [-0.15, -0.1) is 0 Å². The average molecular weight is 377 g/mol. The number of carbonyl (C=O) groups excluding carboxylic acids is 1. The van der Waals surface area contributed by atoms with E-state index in [1.165, 1.54) is 6.21 Å². The molecule has 0 spiro atoms. The smallest absolute Gasteiger partial charge is 0.244 e. The Morgan fingerprint density at radius 1 is 1.17 bits per heavy atom. The second-order valence-electron chi connectivity index (χ2n) is 4.68. The van der Waals surface area contributed by atoms with Gasteiger partial charge in [0.15, 0.2) is 0 Å². The maximum Gasteiger partial charge on any atom is 0.244 e. The normalized spacial score (nSPS) is 10.6.